The Morgan fingerprint density at radius 3 is 2.73 bits per heavy atom. The third kappa shape index (κ3) is 3.46. The number of benzene rings is 1. The van der Waals surface area contributed by atoms with E-state index in [9.17, 15) is 4.39 Å². The average Bonchev–Trinajstić information content (AvgIpc) is 3.06. The Kier molecular flexibility index (Phi) is 4.67. The summed E-state index contributed by atoms with van der Waals surface area (Å²) in [6.45, 7) is 0. The molecule has 0 aliphatic heterocycles. The highest BCUT2D eigenvalue weighted by atomic mass is 35.5. The van der Waals surface area contributed by atoms with Gasteiger partial charge in [-0.1, -0.05) is 23.7 Å². The zero-order valence-corrected chi connectivity index (χ0v) is 14.8. The minimum absolute atomic E-state index is 0.262. The van der Waals surface area contributed by atoms with Crippen molar-refractivity contribution >= 4 is 22.6 Å². The van der Waals surface area contributed by atoms with Crippen LogP contribution >= 0.6 is 11.6 Å². The second-order valence-corrected chi connectivity index (χ2v) is 6.66. The van der Waals surface area contributed by atoms with Gasteiger partial charge in [0, 0.05) is 46.7 Å². The van der Waals surface area contributed by atoms with Crippen molar-refractivity contribution in [2.45, 2.75) is 19.3 Å². The van der Waals surface area contributed by atoms with E-state index in [1.54, 1.807) is 18.3 Å². The maximum Gasteiger partial charge on any atom is 0.137 e. The van der Waals surface area contributed by atoms with E-state index in [0.29, 0.717) is 23.4 Å². The van der Waals surface area contributed by atoms with Crippen molar-refractivity contribution < 1.29 is 4.39 Å². The van der Waals surface area contributed by atoms with Gasteiger partial charge in [0.2, 0.25) is 0 Å². The number of nitrogens with one attached hydrogen (secondary N) is 1. The van der Waals surface area contributed by atoms with E-state index < -0.39 is 0 Å². The zero-order chi connectivity index (χ0) is 17.9. The molecule has 1 N–H and O–H groups in total. The van der Waals surface area contributed by atoms with Gasteiger partial charge in [-0.25, -0.2) is 9.37 Å². The van der Waals surface area contributed by atoms with E-state index >= 15 is 0 Å². The molecule has 0 bridgehead atoms. The highest BCUT2D eigenvalue weighted by Crippen LogP contribution is 2.21. The van der Waals surface area contributed by atoms with Gasteiger partial charge in [0.1, 0.15) is 11.5 Å². The van der Waals surface area contributed by atoms with Gasteiger partial charge >= 0.3 is 0 Å². The van der Waals surface area contributed by atoms with Crippen molar-refractivity contribution in [3.63, 3.8) is 0 Å². The Morgan fingerprint density at radius 2 is 1.92 bits per heavy atom. The summed E-state index contributed by atoms with van der Waals surface area (Å²) in [4.78, 5) is 12.0. The Balaban J connectivity index is 1.45. The SMILES string of the molecule is Fc1cccc(Cl)c1CCc1ccc(Cc2c[nH]c3ncccc23)cn1. The molecule has 0 saturated carbocycles. The zero-order valence-electron chi connectivity index (χ0n) is 14.0. The molecule has 5 heteroatoms. The molecule has 26 heavy (non-hydrogen) atoms. The molecule has 0 aliphatic rings. The summed E-state index contributed by atoms with van der Waals surface area (Å²) >= 11 is 6.08. The standard InChI is InChI=1S/C21H17ClFN3/c22-19-4-1-5-20(23)18(19)9-8-16-7-6-14(12-25-16)11-15-13-26-21-17(15)3-2-10-24-21/h1-7,10,12-13H,8-9,11H2,(H,24,26). The van der Waals surface area contributed by atoms with E-state index in [2.05, 4.69) is 27.1 Å². The highest BCUT2D eigenvalue weighted by Gasteiger charge is 2.08. The molecule has 130 valence electrons. The Labute approximate surface area is 155 Å². The van der Waals surface area contributed by atoms with Crippen molar-refractivity contribution in [3.8, 4) is 0 Å². The number of fused-ring (bicyclic) bond motifs is 1. The fourth-order valence-electron chi connectivity index (χ4n) is 3.11. The third-order valence-corrected chi connectivity index (χ3v) is 4.86. The minimum atomic E-state index is -0.262. The van der Waals surface area contributed by atoms with Crippen LogP contribution in [-0.4, -0.2) is 15.0 Å². The minimum Gasteiger partial charge on any atom is -0.346 e. The smallest absolute Gasteiger partial charge is 0.137 e. The molecule has 0 amide bonds. The summed E-state index contributed by atoms with van der Waals surface area (Å²) in [5.41, 5.74) is 4.69. The Hall–Kier alpha value is -2.72. The van der Waals surface area contributed by atoms with Crippen LogP contribution in [0.1, 0.15) is 22.4 Å². The molecule has 3 nitrogen and oxygen atoms in total. The molecule has 0 unspecified atom stereocenters. The first-order chi connectivity index (χ1) is 12.7. The van der Waals surface area contributed by atoms with Crippen molar-refractivity contribution in [2.24, 2.45) is 0 Å². The van der Waals surface area contributed by atoms with Gasteiger partial charge in [0.05, 0.1) is 0 Å². The molecule has 0 fully saturated rings. The summed E-state index contributed by atoms with van der Waals surface area (Å²) in [7, 11) is 0. The molecule has 1 aromatic carbocycles. The number of hydrogen-bond donors (Lipinski definition) is 1. The van der Waals surface area contributed by atoms with Crippen LogP contribution in [-0.2, 0) is 19.3 Å². The predicted octanol–water partition coefficient (Wildman–Crippen LogP) is 5.13. The number of nitrogens with zero attached hydrogens (tertiary/aromatic N) is 2. The summed E-state index contributed by atoms with van der Waals surface area (Å²) in [6.07, 6.45) is 7.63. The Bertz CT molecular complexity index is 1020. The van der Waals surface area contributed by atoms with Gasteiger partial charge in [0.15, 0.2) is 0 Å². The van der Waals surface area contributed by atoms with Crippen LogP contribution < -0.4 is 0 Å². The lowest BCUT2D eigenvalue weighted by Gasteiger charge is -2.06. The third-order valence-electron chi connectivity index (χ3n) is 4.51. The average molecular weight is 366 g/mol. The number of aryl methyl sites for hydroxylation is 1. The topological polar surface area (TPSA) is 41.6 Å². The Morgan fingerprint density at radius 1 is 1.00 bits per heavy atom. The van der Waals surface area contributed by atoms with Crippen molar-refractivity contribution in [2.75, 3.05) is 0 Å². The molecule has 0 spiro atoms. The van der Waals surface area contributed by atoms with Crippen molar-refractivity contribution in [1.29, 1.82) is 0 Å². The molecule has 3 aromatic heterocycles. The first-order valence-corrected chi connectivity index (χ1v) is 8.86. The van der Waals surface area contributed by atoms with Gasteiger partial charge in [-0.05, 0) is 54.3 Å². The fraction of sp³-hybridized carbons (Fsp3) is 0.143. The maximum atomic E-state index is 13.8. The molecular weight excluding hydrogens is 349 g/mol. The first kappa shape index (κ1) is 16.7. The van der Waals surface area contributed by atoms with Crippen LogP contribution in [0.2, 0.25) is 5.02 Å². The highest BCUT2D eigenvalue weighted by molar-refractivity contribution is 6.31. The van der Waals surface area contributed by atoms with E-state index in [-0.39, 0.29) is 5.82 Å². The summed E-state index contributed by atoms with van der Waals surface area (Å²) in [5, 5.41) is 1.60. The monoisotopic (exact) mass is 365 g/mol. The van der Waals surface area contributed by atoms with Gasteiger partial charge < -0.3 is 4.98 Å². The van der Waals surface area contributed by atoms with Crippen LogP contribution in [0.15, 0.2) is 61.1 Å². The molecule has 0 aliphatic carbocycles. The van der Waals surface area contributed by atoms with E-state index in [4.69, 9.17) is 11.6 Å². The fourth-order valence-corrected chi connectivity index (χ4v) is 3.37. The largest absolute Gasteiger partial charge is 0.346 e. The first-order valence-electron chi connectivity index (χ1n) is 8.48. The molecule has 0 radical (unpaired) electrons. The second kappa shape index (κ2) is 7.26. The lowest BCUT2D eigenvalue weighted by atomic mass is 10.0. The number of hydrogen-bond acceptors (Lipinski definition) is 2. The summed E-state index contributed by atoms with van der Waals surface area (Å²) in [6, 6.07) is 12.8. The molecule has 4 aromatic rings. The number of aromatic nitrogens is 3. The van der Waals surface area contributed by atoms with E-state index in [0.717, 1.165) is 28.7 Å². The number of halogens is 2. The quantitative estimate of drug-likeness (QED) is 0.533. The number of pyridine rings is 2. The number of H-pyrrole nitrogens is 1. The number of rotatable bonds is 5. The normalized spacial score (nSPS) is 11.2. The van der Waals surface area contributed by atoms with Crippen LogP contribution in [0.4, 0.5) is 4.39 Å². The van der Waals surface area contributed by atoms with Gasteiger partial charge in [0.25, 0.3) is 0 Å². The van der Waals surface area contributed by atoms with E-state index in [1.165, 1.54) is 11.6 Å². The van der Waals surface area contributed by atoms with Crippen molar-refractivity contribution in [1.82, 2.24) is 15.0 Å². The molecule has 3 heterocycles. The van der Waals surface area contributed by atoms with Crippen LogP contribution in [0.5, 0.6) is 0 Å². The van der Waals surface area contributed by atoms with Crippen molar-refractivity contribution in [3.05, 3.63) is 94.3 Å². The van der Waals surface area contributed by atoms with E-state index in [1.807, 2.05) is 24.5 Å². The molecule has 0 saturated heterocycles. The van der Waals surface area contributed by atoms with Crippen LogP contribution in [0.3, 0.4) is 0 Å². The lowest BCUT2D eigenvalue weighted by Crippen LogP contribution is -1.99. The summed E-state index contributed by atoms with van der Waals surface area (Å²) in [5.74, 6) is -0.262. The number of aromatic amines is 1. The maximum absolute atomic E-state index is 13.8. The lowest BCUT2D eigenvalue weighted by molar-refractivity contribution is 0.608. The molecule has 4 rings (SSSR count). The summed E-state index contributed by atoms with van der Waals surface area (Å²) < 4.78 is 13.8. The second-order valence-electron chi connectivity index (χ2n) is 6.25. The van der Waals surface area contributed by atoms with Gasteiger partial charge in [-0.15, -0.1) is 0 Å². The van der Waals surface area contributed by atoms with Gasteiger partial charge in [-0.3, -0.25) is 4.98 Å². The van der Waals surface area contributed by atoms with Gasteiger partial charge in [-0.2, -0.15) is 0 Å². The van der Waals surface area contributed by atoms with Crippen LogP contribution in [0, 0.1) is 5.82 Å². The predicted molar refractivity (Wildman–Crippen MR) is 102 cm³/mol. The van der Waals surface area contributed by atoms with Crippen LogP contribution in [0.25, 0.3) is 11.0 Å². The molecular formula is C21H17ClFN3. The molecule has 0 atom stereocenters.